The molecule has 0 saturated carbocycles. The number of hydrogen-bond acceptors (Lipinski definition) is 3. The second-order valence-electron chi connectivity index (χ2n) is 4.18. The van der Waals surface area contributed by atoms with Crippen LogP contribution in [0, 0.1) is 5.82 Å². The molecular weight excluding hydrogens is 255 g/mol. The maximum atomic E-state index is 13.4. The third-order valence-electron chi connectivity index (χ3n) is 2.79. The third-order valence-corrected chi connectivity index (χ3v) is 3.07. The van der Waals surface area contributed by atoms with Crippen LogP contribution in [-0.4, -0.2) is 24.4 Å². The van der Waals surface area contributed by atoms with Gasteiger partial charge in [-0.05, 0) is 24.6 Å². The summed E-state index contributed by atoms with van der Waals surface area (Å²) < 4.78 is 13.4. The molecule has 0 spiro atoms. The summed E-state index contributed by atoms with van der Waals surface area (Å²) >= 11 is 4.06. The molecule has 1 heterocycles. The van der Waals surface area contributed by atoms with Crippen LogP contribution < -0.4 is 10.6 Å². The molecule has 6 heteroatoms. The molecule has 1 aliphatic heterocycles. The standard InChI is InChI=1S/C12H13FN2O2S/c13-10-3-2-8(18)5-9(10)12(17)14-6-7-1-4-11(16)15-7/h2-3,5,7,18H,1,4,6H2,(H,14,17)(H,15,16). The largest absolute Gasteiger partial charge is 0.352 e. The highest BCUT2D eigenvalue weighted by atomic mass is 32.1. The fourth-order valence-electron chi connectivity index (χ4n) is 1.83. The fourth-order valence-corrected chi connectivity index (χ4v) is 2.03. The van der Waals surface area contributed by atoms with Crippen LogP contribution in [0.5, 0.6) is 0 Å². The maximum Gasteiger partial charge on any atom is 0.254 e. The van der Waals surface area contributed by atoms with Gasteiger partial charge < -0.3 is 10.6 Å². The van der Waals surface area contributed by atoms with E-state index in [1.165, 1.54) is 18.2 Å². The highest BCUT2D eigenvalue weighted by Crippen LogP contribution is 2.13. The molecule has 4 nitrogen and oxygen atoms in total. The molecule has 2 amide bonds. The van der Waals surface area contributed by atoms with Crippen LogP contribution in [0.15, 0.2) is 23.1 Å². The van der Waals surface area contributed by atoms with Crippen LogP contribution in [0.4, 0.5) is 4.39 Å². The number of hydrogen-bond donors (Lipinski definition) is 3. The predicted molar refractivity (Wildman–Crippen MR) is 67.1 cm³/mol. The molecule has 1 aromatic rings. The van der Waals surface area contributed by atoms with Crippen molar-refractivity contribution in [3.63, 3.8) is 0 Å². The van der Waals surface area contributed by atoms with Gasteiger partial charge in [0, 0.05) is 23.9 Å². The van der Waals surface area contributed by atoms with Gasteiger partial charge in [0.15, 0.2) is 0 Å². The minimum Gasteiger partial charge on any atom is -0.352 e. The zero-order chi connectivity index (χ0) is 13.1. The van der Waals surface area contributed by atoms with E-state index in [4.69, 9.17) is 0 Å². The molecule has 1 aromatic carbocycles. The van der Waals surface area contributed by atoms with Gasteiger partial charge in [-0.25, -0.2) is 4.39 Å². The van der Waals surface area contributed by atoms with E-state index in [2.05, 4.69) is 23.3 Å². The predicted octanol–water partition coefficient (Wildman–Crippen LogP) is 1.12. The zero-order valence-corrected chi connectivity index (χ0v) is 10.5. The Morgan fingerprint density at radius 3 is 3.00 bits per heavy atom. The third kappa shape index (κ3) is 3.01. The molecular formula is C12H13FN2O2S. The van der Waals surface area contributed by atoms with Crippen molar-refractivity contribution < 1.29 is 14.0 Å². The lowest BCUT2D eigenvalue weighted by atomic mass is 10.2. The van der Waals surface area contributed by atoms with Gasteiger partial charge in [-0.3, -0.25) is 9.59 Å². The lowest BCUT2D eigenvalue weighted by Crippen LogP contribution is -2.38. The summed E-state index contributed by atoms with van der Waals surface area (Å²) in [6, 6.07) is 3.99. The molecule has 0 aromatic heterocycles. The highest BCUT2D eigenvalue weighted by Gasteiger charge is 2.21. The van der Waals surface area contributed by atoms with Gasteiger partial charge in [0.25, 0.3) is 5.91 Å². The first-order valence-electron chi connectivity index (χ1n) is 5.62. The lowest BCUT2D eigenvalue weighted by molar-refractivity contribution is -0.119. The summed E-state index contributed by atoms with van der Waals surface area (Å²) in [4.78, 5) is 23.3. The average molecular weight is 268 g/mol. The first-order chi connectivity index (χ1) is 8.56. The van der Waals surface area contributed by atoms with Crippen molar-refractivity contribution in [2.45, 2.75) is 23.8 Å². The van der Waals surface area contributed by atoms with Gasteiger partial charge >= 0.3 is 0 Å². The summed E-state index contributed by atoms with van der Waals surface area (Å²) in [7, 11) is 0. The molecule has 1 atom stereocenters. The van der Waals surface area contributed by atoms with E-state index in [0.717, 1.165) is 0 Å². The molecule has 2 rings (SSSR count). The Morgan fingerprint density at radius 1 is 1.56 bits per heavy atom. The van der Waals surface area contributed by atoms with E-state index in [1.54, 1.807) is 0 Å². The maximum absolute atomic E-state index is 13.4. The highest BCUT2D eigenvalue weighted by molar-refractivity contribution is 7.80. The van der Waals surface area contributed by atoms with Gasteiger partial charge in [-0.2, -0.15) is 0 Å². The van der Waals surface area contributed by atoms with Gasteiger partial charge in [0.2, 0.25) is 5.91 Å². The molecule has 1 unspecified atom stereocenters. The Hall–Kier alpha value is -1.56. The normalized spacial score (nSPS) is 18.6. The van der Waals surface area contributed by atoms with Crippen LogP contribution in [0.1, 0.15) is 23.2 Å². The molecule has 0 aliphatic carbocycles. The molecule has 96 valence electrons. The number of rotatable bonds is 3. The summed E-state index contributed by atoms with van der Waals surface area (Å²) in [5.41, 5.74) is -0.0353. The van der Waals surface area contributed by atoms with E-state index in [1.807, 2.05) is 0 Å². The molecule has 0 radical (unpaired) electrons. The molecule has 1 fully saturated rings. The monoisotopic (exact) mass is 268 g/mol. The smallest absolute Gasteiger partial charge is 0.254 e. The minimum absolute atomic E-state index is 0.0159. The summed E-state index contributed by atoms with van der Waals surface area (Å²) in [6.45, 7) is 0.306. The Balaban J connectivity index is 1.95. The summed E-state index contributed by atoms with van der Waals surface area (Å²) in [6.07, 6.45) is 1.16. The van der Waals surface area contributed by atoms with Crippen LogP contribution >= 0.6 is 12.6 Å². The number of benzene rings is 1. The van der Waals surface area contributed by atoms with Crippen molar-refractivity contribution in [2.24, 2.45) is 0 Å². The van der Waals surface area contributed by atoms with E-state index < -0.39 is 11.7 Å². The number of amides is 2. The SMILES string of the molecule is O=C1CCC(CNC(=O)c2cc(S)ccc2F)N1. The number of nitrogens with one attached hydrogen (secondary N) is 2. The minimum atomic E-state index is -0.583. The van der Waals surface area contributed by atoms with Crippen molar-refractivity contribution in [1.29, 1.82) is 0 Å². The number of carbonyl (C=O) groups excluding carboxylic acids is 2. The van der Waals surface area contributed by atoms with Crippen LogP contribution in [-0.2, 0) is 4.79 Å². The molecule has 2 N–H and O–H groups in total. The molecule has 1 saturated heterocycles. The number of carbonyl (C=O) groups is 2. The molecule has 18 heavy (non-hydrogen) atoms. The van der Waals surface area contributed by atoms with E-state index in [0.29, 0.717) is 24.3 Å². The first-order valence-corrected chi connectivity index (χ1v) is 6.07. The summed E-state index contributed by atoms with van der Waals surface area (Å²) in [5.74, 6) is -1.09. The van der Waals surface area contributed by atoms with Crippen LogP contribution in [0.25, 0.3) is 0 Å². The molecule has 0 bridgehead atoms. The van der Waals surface area contributed by atoms with Crippen LogP contribution in [0.2, 0.25) is 0 Å². The Labute approximate surface area is 109 Å². The van der Waals surface area contributed by atoms with E-state index in [9.17, 15) is 14.0 Å². The van der Waals surface area contributed by atoms with E-state index >= 15 is 0 Å². The fraction of sp³-hybridized carbons (Fsp3) is 0.333. The van der Waals surface area contributed by atoms with Crippen molar-refractivity contribution in [1.82, 2.24) is 10.6 Å². The number of thiol groups is 1. The van der Waals surface area contributed by atoms with Crippen molar-refractivity contribution in [3.05, 3.63) is 29.6 Å². The topological polar surface area (TPSA) is 58.2 Å². The Morgan fingerprint density at radius 2 is 2.33 bits per heavy atom. The Bertz CT molecular complexity index is 493. The second kappa shape index (κ2) is 5.39. The quantitative estimate of drug-likeness (QED) is 0.720. The van der Waals surface area contributed by atoms with Gasteiger partial charge in [-0.15, -0.1) is 12.6 Å². The van der Waals surface area contributed by atoms with Gasteiger partial charge in [0.1, 0.15) is 5.82 Å². The van der Waals surface area contributed by atoms with Crippen LogP contribution in [0.3, 0.4) is 0 Å². The van der Waals surface area contributed by atoms with Gasteiger partial charge in [-0.1, -0.05) is 0 Å². The lowest BCUT2D eigenvalue weighted by Gasteiger charge is -2.11. The van der Waals surface area contributed by atoms with Gasteiger partial charge in [0.05, 0.1) is 5.56 Å². The average Bonchev–Trinajstić information content (AvgIpc) is 2.75. The van der Waals surface area contributed by atoms with Crippen molar-refractivity contribution >= 4 is 24.4 Å². The van der Waals surface area contributed by atoms with E-state index in [-0.39, 0.29) is 17.5 Å². The molecule has 1 aliphatic rings. The number of halogens is 1. The summed E-state index contributed by atoms with van der Waals surface area (Å²) in [5, 5.41) is 5.33. The van der Waals surface area contributed by atoms with Crippen molar-refractivity contribution in [3.8, 4) is 0 Å². The first kappa shape index (κ1) is 12.9. The zero-order valence-electron chi connectivity index (χ0n) is 9.57. The second-order valence-corrected chi connectivity index (χ2v) is 4.69. The Kier molecular flexibility index (Phi) is 3.86. The van der Waals surface area contributed by atoms with Crippen molar-refractivity contribution in [2.75, 3.05) is 6.54 Å².